The number of carbonyl (C=O) groups excluding carboxylic acids is 1. The normalized spacial score (nSPS) is 11.5. The maximum absolute atomic E-state index is 12.3. The Morgan fingerprint density at radius 2 is 1.93 bits per heavy atom. The van der Waals surface area contributed by atoms with Gasteiger partial charge in [-0.05, 0) is 45.8 Å². The van der Waals surface area contributed by atoms with E-state index in [-0.39, 0.29) is 5.69 Å². The number of hydrogen-bond acceptors (Lipinski definition) is 5. The molecular weight excluding hydrogens is 436 g/mol. The predicted molar refractivity (Wildman–Crippen MR) is 116 cm³/mol. The first kappa shape index (κ1) is 20.3. The number of rotatable bonds is 7. The maximum Gasteiger partial charge on any atom is 0.289 e. The lowest BCUT2D eigenvalue weighted by Crippen LogP contribution is -2.17. The van der Waals surface area contributed by atoms with Crippen molar-refractivity contribution < 1.29 is 14.3 Å². The number of aromatic nitrogens is 2. The monoisotopic (exact) mass is 454 g/mol. The highest BCUT2D eigenvalue weighted by atomic mass is 79.9. The molecule has 29 heavy (non-hydrogen) atoms. The number of methoxy groups -OCH3 is 2. The van der Waals surface area contributed by atoms with Crippen LogP contribution in [0.4, 0.5) is 0 Å². The van der Waals surface area contributed by atoms with Crippen LogP contribution in [0, 0.1) is 0 Å². The summed E-state index contributed by atoms with van der Waals surface area (Å²) in [4.78, 5) is 12.3. The van der Waals surface area contributed by atoms with Crippen molar-refractivity contribution in [2.45, 2.75) is 0 Å². The number of nitrogens with zero attached hydrogens (tertiary/aromatic N) is 2. The molecule has 0 unspecified atom stereocenters. The summed E-state index contributed by atoms with van der Waals surface area (Å²) in [6, 6.07) is 16.8. The van der Waals surface area contributed by atoms with E-state index in [2.05, 4.69) is 36.7 Å². The van der Waals surface area contributed by atoms with Crippen LogP contribution in [0.25, 0.3) is 17.3 Å². The minimum Gasteiger partial charge on any atom is -0.497 e. The molecule has 3 aromatic rings. The van der Waals surface area contributed by atoms with Crippen molar-refractivity contribution in [3.05, 3.63) is 70.3 Å². The number of hydrazone groups is 1. The molecule has 1 heterocycles. The van der Waals surface area contributed by atoms with E-state index in [0.29, 0.717) is 17.2 Å². The zero-order valence-electron chi connectivity index (χ0n) is 15.8. The molecule has 0 spiro atoms. The van der Waals surface area contributed by atoms with Crippen LogP contribution < -0.4 is 14.9 Å². The van der Waals surface area contributed by atoms with E-state index in [0.717, 1.165) is 15.6 Å². The number of nitrogens with one attached hydrogen (secondary N) is 2. The Kier molecular flexibility index (Phi) is 6.80. The van der Waals surface area contributed by atoms with Crippen LogP contribution in [0.1, 0.15) is 16.1 Å². The average molecular weight is 455 g/mol. The Balaban J connectivity index is 1.68. The Morgan fingerprint density at radius 1 is 1.14 bits per heavy atom. The van der Waals surface area contributed by atoms with Gasteiger partial charge in [-0.25, -0.2) is 5.43 Å². The van der Waals surface area contributed by atoms with Crippen LogP contribution in [0.15, 0.2) is 64.2 Å². The molecule has 7 nitrogen and oxygen atoms in total. The molecule has 0 radical (unpaired) electrons. The van der Waals surface area contributed by atoms with E-state index in [1.54, 1.807) is 32.4 Å². The van der Waals surface area contributed by atoms with E-state index in [1.165, 1.54) is 6.21 Å². The second kappa shape index (κ2) is 9.70. The van der Waals surface area contributed by atoms with Crippen molar-refractivity contribution in [1.29, 1.82) is 0 Å². The third-order valence-electron chi connectivity index (χ3n) is 3.97. The van der Waals surface area contributed by atoms with Crippen molar-refractivity contribution in [2.75, 3.05) is 14.2 Å². The van der Waals surface area contributed by atoms with E-state index in [1.807, 2.05) is 42.5 Å². The van der Waals surface area contributed by atoms with Gasteiger partial charge in [0.25, 0.3) is 5.91 Å². The zero-order chi connectivity index (χ0) is 20.6. The van der Waals surface area contributed by atoms with Crippen molar-refractivity contribution in [3.63, 3.8) is 0 Å². The smallest absolute Gasteiger partial charge is 0.289 e. The van der Waals surface area contributed by atoms with Gasteiger partial charge < -0.3 is 9.47 Å². The summed E-state index contributed by atoms with van der Waals surface area (Å²) in [5, 5.41) is 10.9. The predicted octanol–water partition coefficient (Wildman–Crippen LogP) is 4.25. The van der Waals surface area contributed by atoms with Gasteiger partial charge in [0.2, 0.25) is 0 Å². The van der Waals surface area contributed by atoms with E-state index in [9.17, 15) is 4.79 Å². The lowest BCUT2D eigenvalue weighted by Gasteiger charge is -2.08. The summed E-state index contributed by atoms with van der Waals surface area (Å²) in [5.74, 6) is 0.853. The number of ether oxygens (including phenoxy) is 2. The number of amides is 1. The fraction of sp³-hybridized carbons (Fsp3) is 0.0952. The van der Waals surface area contributed by atoms with Crippen LogP contribution in [-0.4, -0.2) is 36.5 Å². The minimum atomic E-state index is -0.410. The Morgan fingerprint density at radius 3 is 2.66 bits per heavy atom. The molecule has 2 aromatic carbocycles. The van der Waals surface area contributed by atoms with Gasteiger partial charge in [0, 0.05) is 16.1 Å². The number of benzene rings is 2. The topological polar surface area (TPSA) is 88.6 Å². The zero-order valence-corrected chi connectivity index (χ0v) is 17.4. The highest BCUT2D eigenvalue weighted by molar-refractivity contribution is 9.12. The van der Waals surface area contributed by atoms with Crippen LogP contribution in [0.3, 0.4) is 0 Å². The first-order valence-electron chi connectivity index (χ1n) is 8.64. The second-order valence-corrected chi connectivity index (χ2v) is 6.79. The summed E-state index contributed by atoms with van der Waals surface area (Å²) in [7, 11) is 3.15. The van der Waals surface area contributed by atoms with E-state index < -0.39 is 5.91 Å². The van der Waals surface area contributed by atoms with Gasteiger partial charge in [-0.1, -0.05) is 30.3 Å². The van der Waals surface area contributed by atoms with Crippen molar-refractivity contribution >= 4 is 34.1 Å². The molecule has 2 N–H and O–H groups in total. The van der Waals surface area contributed by atoms with Gasteiger partial charge in [-0.15, -0.1) is 0 Å². The van der Waals surface area contributed by atoms with Gasteiger partial charge in [-0.2, -0.15) is 10.2 Å². The van der Waals surface area contributed by atoms with Crippen LogP contribution in [0.5, 0.6) is 11.5 Å². The average Bonchev–Trinajstić information content (AvgIpc) is 3.24. The van der Waals surface area contributed by atoms with Gasteiger partial charge in [-0.3, -0.25) is 9.89 Å². The highest BCUT2D eigenvalue weighted by Gasteiger charge is 2.14. The molecule has 3 rings (SSSR count). The number of aromatic amines is 1. The van der Waals surface area contributed by atoms with E-state index in [4.69, 9.17) is 9.47 Å². The number of H-pyrrole nitrogens is 1. The lowest BCUT2D eigenvalue weighted by atomic mass is 10.1. The number of carbonyl (C=O) groups is 1. The molecule has 0 bridgehead atoms. The fourth-order valence-corrected chi connectivity index (χ4v) is 2.91. The Bertz CT molecular complexity index is 1050. The molecule has 0 aliphatic heterocycles. The third-order valence-corrected chi connectivity index (χ3v) is 4.40. The molecule has 8 heteroatoms. The maximum atomic E-state index is 12.3. The summed E-state index contributed by atoms with van der Waals surface area (Å²) < 4.78 is 11.3. The van der Waals surface area contributed by atoms with Crippen molar-refractivity contribution in [1.82, 2.24) is 15.6 Å². The van der Waals surface area contributed by atoms with Crippen LogP contribution >= 0.6 is 15.9 Å². The second-order valence-electron chi connectivity index (χ2n) is 5.87. The first-order chi connectivity index (χ1) is 14.1. The molecule has 0 fully saturated rings. The summed E-state index contributed by atoms with van der Waals surface area (Å²) in [6.45, 7) is 0. The molecule has 1 amide bonds. The molecule has 0 aliphatic rings. The van der Waals surface area contributed by atoms with Crippen molar-refractivity contribution in [3.8, 4) is 22.8 Å². The molecule has 0 atom stereocenters. The molecule has 148 valence electrons. The summed E-state index contributed by atoms with van der Waals surface area (Å²) >= 11 is 3.40. The van der Waals surface area contributed by atoms with E-state index >= 15 is 0 Å². The van der Waals surface area contributed by atoms with Gasteiger partial charge in [0.15, 0.2) is 0 Å². The van der Waals surface area contributed by atoms with Gasteiger partial charge in [0.1, 0.15) is 17.2 Å². The number of halogens is 1. The molecule has 1 aromatic heterocycles. The third kappa shape index (κ3) is 5.32. The largest absolute Gasteiger partial charge is 0.497 e. The lowest BCUT2D eigenvalue weighted by molar-refractivity contribution is 0.0950. The number of allylic oxidation sites excluding steroid dienone is 1. The first-order valence-corrected chi connectivity index (χ1v) is 9.43. The minimum absolute atomic E-state index is 0.276. The fourth-order valence-electron chi connectivity index (χ4n) is 2.54. The quantitative estimate of drug-likeness (QED) is 0.412. The summed E-state index contributed by atoms with van der Waals surface area (Å²) in [5.41, 5.74) is 5.07. The highest BCUT2D eigenvalue weighted by Crippen LogP contribution is 2.32. The van der Waals surface area contributed by atoms with Gasteiger partial charge in [0.05, 0.1) is 26.1 Å². The SMILES string of the molecule is COc1ccc(-c2cc(C(=O)N/N=C/C(Br)=C/c3ccccc3)[nH]n2)c(OC)c1. The Labute approximate surface area is 176 Å². The Hall–Kier alpha value is -3.39. The van der Waals surface area contributed by atoms with Crippen LogP contribution in [-0.2, 0) is 0 Å². The number of hydrogen-bond donors (Lipinski definition) is 2. The molecule has 0 aliphatic carbocycles. The summed E-state index contributed by atoms with van der Waals surface area (Å²) in [6.07, 6.45) is 3.40. The van der Waals surface area contributed by atoms with Gasteiger partial charge >= 0.3 is 0 Å². The molecule has 0 saturated carbocycles. The standard InChI is InChI=1S/C21H19BrN4O3/c1-28-16-8-9-17(20(11-16)29-2)18-12-19(25-24-18)21(27)26-23-13-15(22)10-14-6-4-3-5-7-14/h3-13H,1-2H3,(H,24,25)(H,26,27)/b15-10-,23-13+. The van der Waals surface area contributed by atoms with Crippen molar-refractivity contribution in [2.24, 2.45) is 5.10 Å². The van der Waals surface area contributed by atoms with Crippen LogP contribution in [0.2, 0.25) is 0 Å². The molecular formula is C21H19BrN4O3. The molecule has 0 saturated heterocycles.